The van der Waals surface area contributed by atoms with E-state index in [9.17, 15) is 9.90 Å². The van der Waals surface area contributed by atoms with Crippen LogP contribution >= 0.6 is 0 Å². The number of hydrogen-bond donors (Lipinski definition) is 2. The molecule has 0 amide bonds. The molecule has 3 unspecified atom stereocenters. The number of aliphatic carboxylic acids is 1. The largest absolute Gasteiger partial charge is 0.508 e. The first kappa shape index (κ1) is 14.0. The van der Waals surface area contributed by atoms with Crippen LogP contribution in [0.4, 0.5) is 0 Å². The van der Waals surface area contributed by atoms with Crippen LogP contribution in [0.2, 0.25) is 0 Å². The summed E-state index contributed by atoms with van der Waals surface area (Å²) in [5.74, 6) is 0.347. The van der Waals surface area contributed by atoms with E-state index in [1.54, 1.807) is 6.08 Å². The number of ether oxygens (including phenoxy) is 1. The van der Waals surface area contributed by atoms with Crippen molar-refractivity contribution in [1.29, 1.82) is 0 Å². The minimum absolute atomic E-state index is 0.00174. The molecule has 2 N–H and O–H groups in total. The molecule has 106 valence electrons. The van der Waals surface area contributed by atoms with Gasteiger partial charge in [-0.05, 0) is 24.8 Å². The zero-order chi connectivity index (χ0) is 14.0. The minimum atomic E-state index is -0.773. The van der Waals surface area contributed by atoms with Gasteiger partial charge in [-0.25, -0.2) is 0 Å². The molecule has 0 radical (unpaired) electrons. The predicted octanol–water partition coefficient (Wildman–Crippen LogP) is 3.40. The first-order valence-electron chi connectivity index (χ1n) is 7.04. The Morgan fingerprint density at radius 3 is 2.84 bits per heavy atom. The number of carboxylic acid groups (broad SMARTS) is 1. The van der Waals surface area contributed by atoms with Crippen molar-refractivity contribution in [1.82, 2.24) is 0 Å². The molecule has 1 aliphatic carbocycles. The van der Waals surface area contributed by atoms with Crippen LogP contribution in [0.3, 0.4) is 0 Å². The molecular weight excluding hydrogens is 244 g/mol. The molecule has 3 atom stereocenters. The molecule has 2 aliphatic rings. The Morgan fingerprint density at radius 1 is 1.47 bits per heavy atom. The second-order valence-electron chi connectivity index (χ2n) is 5.53. The van der Waals surface area contributed by atoms with Crippen molar-refractivity contribution in [3.8, 4) is 0 Å². The molecule has 1 saturated heterocycles. The first-order valence-corrected chi connectivity index (χ1v) is 7.04. The number of carboxylic acids is 1. The minimum Gasteiger partial charge on any atom is -0.508 e. The maximum absolute atomic E-state index is 11.1. The number of epoxide rings is 1. The number of fused-ring (bicyclic) bond motifs is 1. The topological polar surface area (TPSA) is 70.1 Å². The maximum atomic E-state index is 11.1. The summed E-state index contributed by atoms with van der Waals surface area (Å²) < 4.78 is 5.47. The quantitative estimate of drug-likeness (QED) is 0.547. The van der Waals surface area contributed by atoms with Gasteiger partial charge in [0.2, 0.25) is 0 Å². The normalized spacial score (nSPS) is 26.3. The second kappa shape index (κ2) is 5.68. The van der Waals surface area contributed by atoms with E-state index in [1.165, 1.54) is 0 Å². The molecule has 0 aromatic heterocycles. The summed E-state index contributed by atoms with van der Waals surface area (Å²) in [5.41, 5.74) is 0.869. The summed E-state index contributed by atoms with van der Waals surface area (Å²) in [7, 11) is 0. The van der Waals surface area contributed by atoms with Gasteiger partial charge in [0.25, 0.3) is 0 Å². The summed E-state index contributed by atoms with van der Waals surface area (Å²) >= 11 is 0. The van der Waals surface area contributed by atoms with E-state index < -0.39 is 5.97 Å². The molecule has 19 heavy (non-hydrogen) atoms. The fraction of sp³-hybridized carbons (Fsp3) is 0.667. The molecule has 0 bridgehead atoms. The zero-order valence-electron chi connectivity index (χ0n) is 11.6. The van der Waals surface area contributed by atoms with E-state index in [0.717, 1.165) is 37.0 Å². The second-order valence-corrected chi connectivity index (χ2v) is 5.53. The van der Waals surface area contributed by atoms with E-state index in [2.05, 4.69) is 6.92 Å². The molecule has 0 aromatic rings. The number of carbonyl (C=O) groups is 1. The van der Waals surface area contributed by atoms with Crippen LogP contribution in [0.25, 0.3) is 0 Å². The summed E-state index contributed by atoms with van der Waals surface area (Å²) in [5, 5.41) is 19.0. The van der Waals surface area contributed by atoms with Crippen molar-refractivity contribution in [2.24, 2.45) is 11.8 Å². The smallest absolute Gasteiger partial charge is 0.303 e. The Hall–Kier alpha value is -1.45. The molecular formula is C15H22O4. The van der Waals surface area contributed by atoms with E-state index in [0.29, 0.717) is 0 Å². The number of aliphatic hydroxyl groups excluding tert-OH is 1. The van der Waals surface area contributed by atoms with Crippen molar-refractivity contribution in [3.63, 3.8) is 0 Å². The Kier molecular flexibility index (Phi) is 4.17. The van der Waals surface area contributed by atoms with Crippen molar-refractivity contribution in [3.05, 3.63) is 23.2 Å². The van der Waals surface area contributed by atoms with Crippen LogP contribution in [-0.4, -0.2) is 22.3 Å². The van der Waals surface area contributed by atoms with E-state index >= 15 is 0 Å². The van der Waals surface area contributed by atoms with E-state index in [4.69, 9.17) is 9.84 Å². The maximum Gasteiger partial charge on any atom is 0.303 e. The van der Waals surface area contributed by atoms with Crippen LogP contribution in [-0.2, 0) is 9.53 Å². The Labute approximate surface area is 113 Å². The molecule has 0 saturated carbocycles. The van der Waals surface area contributed by atoms with Gasteiger partial charge in [-0.15, -0.1) is 0 Å². The summed E-state index contributed by atoms with van der Waals surface area (Å²) in [6.07, 6.45) is 5.95. The highest BCUT2D eigenvalue weighted by Crippen LogP contribution is 2.47. The summed E-state index contributed by atoms with van der Waals surface area (Å²) in [6.45, 7) is 4.01. The van der Waals surface area contributed by atoms with Crippen molar-refractivity contribution >= 4 is 5.97 Å². The monoisotopic (exact) mass is 266 g/mol. The summed E-state index contributed by atoms with van der Waals surface area (Å²) in [6, 6.07) is 0. The number of aliphatic hydroxyl groups is 1. The Balaban J connectivity index is 2.09. The van der Waals surface area contributed by atoms with Gasteiger partial charge >= 0.3 is 5.97 Å². The van der Waals surface area contributed by atoms with E-state index in [-0.39, 0.29) is 30.1 Å². The SMILES string of the molecule is CCCCCC(CC(=O)O)C1C(C)=C(O)C=C2OC21. The lowest BCUT2D eigenvalue weighted by Crippen LogP contribution is -2.26. The fourth-order valence-electron chi connectivity index (χ4n) is 3.02. The van der Waals surface area contributed by atoms with Gasteiger partial charge in [-0.1, -0.05) is 26.2 Å². The highest BCUT2D eigenvalue weighted by atomic mass is 16.6. The number of hydrogen-bond acceptors (Lipinski definition) is 3. The lowest BCUT2D eigenvalue weighted by molar-refractivity contribution is -0.138. The summed E-state index contributed by atoms with van der Waals surface area (Å²) in [4.78, 5) is 11.1. The lowest BCUT2D eigenvalue weighted by Gasteiger charge is -2.26. The average molecular weight is 266 g/mol. The van der Waals surface area contributed by atoms with Crippen LogP contribution in [0.5, 0.6) is 0 Å². The average Bonchev–Trinajstić information content (AvgIpc) is 3.07. The molecule has 1 heterocycles. The number of rotatable bonds is 7. The van der Waals surface area contributed by atoms with Crippen molar-refractivity contribution < 1.29 is 19.7 Å². The highest BCUT2D eigenvalue weighted by molar-refractivity contribution is 5.67. The highest BCUT2D eigenvalue weighted by Gasteiger charge is 2.48. The van der Waals surface area contributed by atoms with Gasteiger partial charge in [-0.3, -0.25) is 4.79 Å². The molecule has 4 nitrogen and oxygen atoms in total. The number of allylic oxidation sites excluding steroid dienone is 1. The van der Waals surface area contributed by atoms with Gasteiger partial charge in [0.1, 0.15) is 11.5 Å². The van der Waals surface area contributed by atoms with Crippen LogP contribution < -0.4 is 0 Å². The molecule has 1 aliphatic heterocycles. The third-order valence-corrected chi connectivity index (χ3v) is 4.12. The molecule has 0 aromatic carbocycles. The molecule has 4 heteroatoms. The molecule has 2 rings (SSSR count). The van der Waals surface area contributed by atoms with Crippen molar-refractivity contribution in [2.75, 3.05) is 0 Å². The van der Waals surface area contributed by atoms with Gasteiger partial charge in [0.15, 0.2) is 6.10 Å². The van der Waals surface area contributed by atoms with Gasteiger partial charge < -0.3 is 14.9 Å². The third kappa shape index (κ3) is 3.11. The Bertz CT molecular complexity index is 422. The first-order chi connectivity index (χ1) is 9.04. The fourth-order valence-corrected chi connectivity index (χ4v) is 3.02. The van der Waals surface area contributed by atoms with E-state index in [1.807, 2.05) is 6.92 Å². The third-order valence-electron chi connectivity index (χ3n) is 4.12. The van der Waals surface area contributed by atoms with Gasteiger partial charge in [0, 0.05) is 18.4 Å². The van der Waals surface area contributed by atoms with Gasteiger partial charge in [-0.2, -0.15) is 0 Å². The zero-order valence-corrected chi connectivity index (χ0v) is 11.6. The predicted molar refractivity (Wildman–Crippen MR) is 71.7 cm³/mol. The van der Waals surface area contributed by atoms with Crippen LogP contribution in [0, 0.1) is 11.8 Å². The lowest BCUT2D eigenvalue weighted by atomic mass is 9.76. The van der Waals surface area contributed by atoms with Crippen LogP contribution in [0.15, 0.2) is 23.2 Å². The molecule has 1 fully saturated rings. The Morgan fingerprint density at radius 2 is 2.21 bits per heavy atom. The number of unbranched alkanes of at least 4 members (excludes halogenated alkanes) is 2. The van der Waals surface area contributed by atoms with Crippen molar-refractivity contribution in [2.45, 2.75) is 52.1 Å². The standard InChI is InChI=1S/C15H22O4/c1-3-4-5-6-10(7-13(17)18)14-9(2)11(16)8-12-15(14)19-12/h8,10,14-16H,3-7H2,1-2H3,(H,17,18). The molecule has 0 spiro atoms. The van der Waals surface area contributed by atoms with Crippen LogP contribution in [0.1, 0.15) is 46.0 Å². The van der Waals surface area contributed by atoms with Gasteiger partial charge in [0.05, 0.1) is 0 Å².